The summed E-state index contributed by atoms with van der Waals surface area (Å²) in [5.74, 6) is -0.980. The lowest BCUT2D eigenvalue weighted by molar-refractivity contribution is -0.121. The van der Waals surface area contributed by atoms with Crippen LogP contribution in [0.5, 0.6) is 0 Å². The van der Waals surface area contributed by atoms with Crippen LogP contribution in [0.2, 0.25) is 0 Å². The molecule has 1 aromatic carbocycles. The molecule has 1 aliphatic rings. The first-order valence-electron chi connectivity index (χ1n) is 17.9. The second-order valence-corrected chi connectivity index (χ2v) is 13.1. The first kappa shape index (κ1) is 42.5. The number of nitrogens with zero attached hydrogens (tertiary/aromatic N) is 4. The van der Waals surface area contributed by atoms with Crippen molar-refractivity contribution in [1.82, 2.24) is 10.3 Å². The highest BCUT2D eigenvalue weighted by Gasteiger charge is 2.36. The van der Waals surface area contributed by atoms with Gasteiger partial charge in [-0.1, -0.05) is 25.1 Å². The van der Waals surface area contributed by atoms with Crippen molar-refractivity contribution in [3.05, 3.63) is 81.9 Å². The number of amidine groups is 1. The topological polar surface area (TPSA) is 143 Å². The number of aryl methyl sites for hydroxylation is 2. The van der Waals surface area contributed by atoms with Gasteiger partial charge in [-0.25, -0.2) is 4.98 Å². The number of benzene rings is 1. The number of anilines is 1. The fourth-order valence-electron chi connectivity index (χ4n) is 6.50. The molecular formula is C40H51F3N6O4. The van der Waals surface area contributed by atoms with Crippen LogP contribution in [0.15, 0.2) is 64.5 Å². The minimum Gasteiger partial charge on any atom is -0.499 e. The number of carbonyl (C=O) groups is 2. The molecule has 53 heavy (non-hydrogen) atoms. The number of aromatic nitrogens is 1. The van der Waals surface area contributed by atoms with Gasteiger partial charge < -0.3 is 25.4 Å². The van der Waals surface area contributed by atoms with Gasteiger partial charge in [0.05, 0.1) is 30.0 Å². The number of amides is 2. The van der Waals surface area contributed by atoms with Gasteiger partial charge in [-0.05, 0) is 101 Å². The van der Waals surface area contributed by atoms with E-state index in [0.717, 1.165) is 52.8 Å². The summed E-state index contributed by atoms with van der Waals surface area (Å²) in [6, 6.07) is 7.56. The summed E-state index contributed by atoms with van der Waals surface area (Å²) in [5.41, 5.74) is 9.65. The molecule has 3 rings (SSSR count). The number of carbonyl (C=O) groups excluding carboxylic acids is 2. The normalized spacial score (nSPS) is 15.5. The smallest absolute Gasteiger partial charge is 0.416 e. The Balaban J connectivity index is 1.92. The molecule has 0 spiro atoms. The molecule has 2 aromatic rings. The van der Waals surface area contributed by atoms with E-state index < -0.39 is 35.1 Å². The zero-order chi connectivity index (χ0) is 39.3. The molecule has 10 nitrogen and oxygen atoms in total. The summed E-state index contributed by atoms with van der Waals surface area (Å²) in [6.07, 6.45) is 2.55. The Morgan fingerprint density at radius 3 is 2.42 bits per heavy atom. The van der Waals surface area contributed by atoms with E-state index in [9.17, 15) is 28.0 Å². The van der Waals surface area contributed by atoms with Crippen LogP contribution in [0, 0.1) is 25.2 Å². The lowest BCUT2D eigenvalue weighted by atomic mass is 9.92. The molecule has 1 aliphatic heterocycles. The maximum Gasteiger partial charge on any atom is 0.416 e. The molecule has 2 amide bonds. The first-order valence-corrected chi connectivity index (χ1v) is 17.9. The van der Waals surface area contributed by atoms with E-state index in [1.54, 1.807) is 27.0 Å². The van der Waals surface area contributed by atoms with E-state index in [4.69, 9.17) is 15.2 Å². The van der Waals surface area contributed by atoms with Gasteiger partial charge in [-0.2, -0.15) is 23.4 Å². The Bertz CT molecular complexity index is 1760. The van der Waals surface area contributed by atoms with Crippen LogP contribution in [0.1, 0.15) is 82.7 Å². The van der Waals surface area contributed by atoms with Crippen LogP contribution in [-0.4, -0.2) is 67.3 Å². The van der Waals surface area contributed by atoms with Crippen LogP contribution in [0.25, 0.3) is 11.1 Å². The highest BCUT2D eigenvalue weighted by atomic mass is 19.4. The minimum atomic E-state index is -4.75. The van der Waals surface area contributed by atoms with Gasteiger partial charge in [0.1, 0.15) is 11.9 Å². The highest BCUT2D eigenvalue weighted by Crippen LogP contribution is 2.34. The van der Waals surface area contributed by atoms with E-state index in [2.05, 4.69) is 21.4 Å². The maximum atomic E-state index is 13.9. The van der Waals surface area contributed by atoms with Gasteiger partial charge in [-0.15, -0.1) is 0 Å². The van der Waals surface area contributed by atoms with Crippen LogP contribution >= 0.6 is 0 Å². The Hall–Kier alpha value is -4.96. The number of rotatable bonds is 15. The average molecular weight is 737 g/mol. The predicted octanol–water partition coefficient (Wildman–Crippen LogP) is 7.33. The molecule has 0 bridgehead atoms. The maximum absolute atomic E-state index is 13.9. The van der Waals surface area contributed by atoms with E-state index >= 15 is 0 Å². The van der Waals surface area contributed by atoms with Gasteiger partial charge in [0, 0.05) is 55.6 Å². The third kappa shape index (κ3) is 12.0. The van der Waals surface area contributed by atoms with Crippen LogP contribution in [-0.2, 0) is 25.5 Å². The van der Waals surface area contributed by atoms with E-state index in [1.165, 1.54) is 13.0 Å². The summed E-state index contributed by atoms with van der Waals surface area (Å²) in [4.78, 5) is 36.3. The van der Waals surface area contributed by atoms with Crippen molar-refractivity contribution in [2.45, 2.75) is 98.8 Å². The summed E-state index contributed by atoms with van der Waals surface area (Å²) in [7, 11) is 0. The lowest BCUT2D eigenvalue weighted by Crippen LogP contribution is -2.39. The Morgan fingerprint density at radius 1 is 1.19 bits per heavy atom. The molecule has 0 aliphatic carbocycles. The van der Waals surface area contributed by atoms with Gasteiger partial charge in [0.15, 0.2) is 5.69 Å². The number of hydrogen-bond acceptors (Lipinski definition) is 7. The molecule has 1 atom stereocenters. The van der Waals surface area contributed by atoms with Crippen molar-refractivity contribution < 1.29 is 32.2 Å². The van der Waals surface area contributed by atoms with E-state index in [-0.39, 0.29) is 30.5 Å². The van der Waals surface area contributed by atoms with Crippen molar-refractivity contribution in [2.75, 3.05) is 31.3 Å². The lowest BCUT2D eigenvalue weighted by Gasteiger charge is -2.31. The summed E-state index contributed by atoms with van der Waals surface area (Å²) >= 11 is 0. The van der Waals surface area contributed by atoms with E-state index in [0.29, 0.717) is 44.2 Å². The average Bonchev–Trinajstić information content (AvgIpc) is 3.08. The number of alkyl halides is 3. The third-order valence-corrected chi connectivity index (χ3v) is 8.84. The van der Waals surface area contributed by atoms with Crippen LogP contribution in [0.4, 0.5) is 18.9 Å². The van der Waals surface area contributed by atoms with Crippen LogP contribution in [0.3, 0.4) is 0 Å². The molecule has 1 fully saturated rings. The van der Waals surface area contributed by atoms with Crippen LogP contribution < -0.4 is 16.0 Å². The summed E-state index contributed by atoms with van der Waals surface area (Å²) in [5, 5.41) is 13.1. The number of halogens is 3. The molecule has 13 heteroatoms. The minimum absolute atomic E-state index is 0.0426. The Labute approximate surface area is 310 Å². The van der Waals surface area contributed by atoms with Gasteiger partial charge in [-0.3, -0.25) is 9.59 Å². The fourth-order valence-corrected chi connectivity index (χ4v) is 6.50. The van der Waals surface area contributed by atoms with Gasteiger partial charge >= 0.3 is 6.18 Å². The fraction of sp³-hybridized carbons (Fsp3) is 0.475. The molecule has 286 valence electrons. The van der Waals surface area contributed by atoms with Gasteiger partial charge in [0.2, 0.25) is 11.8 Å². The zero-order valence-electron chi connectivity index (χ0n) is 31.7. The number of nitrogens with one attached hydrogen (secondary N) is 1. The SMILES string of the molecule is C\C=C(/C(=C\C=C(/C)OCC)C(N)=NC(=O)CC(C)N(CCC)c1cc(-c2c(C)cc(CC(=O)NC3CCOCC3)cc2C)cnc1C#N)C(F)(F)F. The monoisotopic (exact) mass is 736 g/mol. The molecule has 0 saturated carbocycles. The van der Waals surface area contributed by atoms with Crippen molar-refractivity contribution >= 4 is 23.3 Å². The second-order valence-electron chi connectivity index (χ2n) is 13.1. The Kier molecular flexibility index (Phi) is 15.8. The number of nitrogens with two attached hydrogens (primary N) is 1. The Morgan fingerprint density at radius 2 is 1.85 bits per heavy atom. The van der Waals surface area contributed by atoms with Crippen molar-refractivity contribution in [1.29, 1.82) is 5.26 Å². The van der Waals surface area contributed by atoms with E-state index in [1.807, 2.05) is 43.9 Å². The highest BCUT2D eigenvalue weighted by molar-refractivity contribution is 6.07. The van der Waals surface area contributed by atoms with Crippen molar-refractivity contribution in [3.8, 4) is 17.2 Å². The summed E-state index contributed by atoms with van der Waals surface area (Å²) < 4.78 is 52.5. The first-order chi connectivity index (χ1) is 25.1. The number of ether oxygens (including phenoxy) is 2. The predicted molar refractivity (Wildman–Crippen MR) is 201 cm³/mol. The van der Waals surface area contributed by atoms with Crippen molar-refractivity contribution in [2.24, 2.45) is 10.7 Å². The number of hydrogen-bond donors (Lipinski definition) is 2. The molecule has 2 heterocycles. The second kappa shape index (κ2) is 19.8. The molecule has 1 aromatic heterocycles. The number of allylic oxidation sites excluding steroid dienone is 4. The number of nitriles is 1. The molecule has 1 saturated heterocycles. The zero-order valence-corrected chi connectivity index (χ0v) is 31.7. The molecule has 1 unspecified atom stereocenters. The number of pyridine rings is 1. The largest absolute Gasteiger partial charge is 0.499 e. The standard InChI is InChI=1S/C40H51F3N6O4/c1-8-15-49(27(6)20-36(50)48-39(45)32(12-11-28(7)53-10-3)33(9-2)40(41,42)43)35-22-30(24-46-34(35)23-44)38-25(4)18-29(19-26(38)5)21-37(51)47-31-13-16-52-17-14-31/h9,11-12,18-19,22,24,27,31H,8,10,13-17,20-21H2,1-7H3,(H,47,51)(H2,45,48,50)/b28-11+,32-12+,33-9+. The van der Waals surface area contributed by atoms with Crippen molar-refractivity contribution in [3.63, 3.8) is 0 Å². The molecular weight excluding hydrogens is 685 g/mol. The molecule has 0 radical (unpaired) electrons. The summed E-state index contributed by atoms with van der Waals surface area (Å²) in [6.45, 7) is 14.3. The molecule has 3 N–H and O–H groups in total. The van der Waals surface area contributed by atoms with Gasteiger partial charge in [0.25, 0.3) is 0 Å². The third-order valence-electron chi connectivity index (χ3n) is 8.84. The quantitative estimate of drug-likeness (QED) is 0.0838. The number of aliphatic imine (C=N–C) groups is 1.